The summed E-state index contributed by atoms with van der Waals surface area (Å²) in [5.74, 6) is -0.561. The van der Waals surface area contributed by atoms with Gasteiger partial charge in [0.25, 0.3) is 0 Å². The second-order valence-corrected chi connectivity index (χ2v) is 8.02. The summed E-state index contributed by atoms with van der Waals surface area (Å²) < 4.78 is 23.3. The van der Waals surface area contributed by atoms with Gasteiger partial charge in [0.2, 0.25) is 5.91 Å². The average Bonchev–Trinajstić information content (AvgIpc) is 2.31. The molecule has 0 aromatic carbocycles. The topological polar surface area (TPSA) is 54.5 Å². The van der Waals surface area contributed by atoms with Gasteiger partial charge in [0.15, 0.2) is 9.84 Å². The SMILES string of the molecule is CN(C)C(=O)CS(=O)(=O)CCCCCCCCCBr. The Labute approximate surface area is 126 Å². The molecule has 0 saturated heterocycles. The summed E-state index contributed by atoms with van der Waals surface area (Å²) in [4.78, 5) is 12.7. The Balaban J connectivity index is 3.62. The zero-order valence-electron chi connectivity index (χ0n) is 12.0. The van der Waals surface area contributed by atoms with Crippen molar-refractivity contribution >= 4 is 31.7 Å². The summed E-state index contributed by atoms with van der Waals surface area (Å²) >= 11 is 3.40. The fourth-order valence-corrected chi connectivity index (χ4v) is 3.51. The van der Waals surface area contributed by atoms with Crippen molar-refractivity contribution in [1.82, 2.24) is 4.90 Å². The summed E-state index contributed by atoms with van der Waals surface area (Å²) in [6.07, 6.45) is 7.52. The van der Waals surface area contributed by atoms with Crippen LogP contribution in [0.3, 0.4) is 0 Å². The van der Waals surface area contributed by atoms with E-state index in [1.807, 2.05) is 0 Å². The molecule has 0 N–H and O–H groups in total. The molecule has 0 saturated carbocycles. The largest absolute Gasteiger partial charge is 0.348 e. The second kappa shape index (κ2) is 10.7. The summed E-state index contributed by atoms with van der Waals surface area (Å²) in [7, 11) is -0.0762. The molecule has 0 rings (SSSR count). The van der Waals surface area contributed by atoms with Crippen LogP contribution in [0.2, 0.25) is 0 Å². The summed E-state index contributed by atoms with van der Waals surface area (Å²) in [6.45, 7) is 0. The quantitative estimate of drug-likeness (QED) is 0.422. The maximum atomic E-state index is 11.7. The van der Waals surface area contributed by atoms with Gasteiger partial charge in [0.05, 0.1) is 5.75 Å². The second-order valence-electron chi connectivity index (χ2n) is 5.04. The maximum Gasteiger partial charge on any atom is 0.237 e. The Hall–Kier alpha value is -0.100. The van der Waals surface area contributed by atoms with Crippen molar-refractivity contribution in [1.29, 1.82) is 0 Å². The van der Waals surface area contributed by atoms with Gasteiger partial charge in [-0.1, -0.05) is 48.0 Å². The number of rotatable bonds is 11. The van der Waals surface area contributed by atoms with Gasteiger partial charge in [-0.3, -0.25) is 4.79 Å². The van der Waals surface area contributed by atoms with Crippen molar-refractivity contribution in [3.8, 4) is 0 Å². The molecule has 0 fully saturated rings. The van der Waals surface area contributed by atoms with Crippen LogP contribution in [0, 0.1) is 0 Å². The number of hydrogen-bond donors (Lipinski definition) is 0. The van der Waals surface area contributed by atoms with Gasteiger partial charge in [-0.05, 0) is 12.8 Å². The zero-order chi connectivity index (χ0) is 14.7. The van der Waals surface area contributed by atoms with Crippen molar-refractivity contribution in [2.24, 2.45) is 0 Å². The number of amides is 1. The van der Waals surface area contributed by atoms with Gasteiger partial charge >= 0.3 is 0 Å². The molecule has 6 heteroatoms. The lowest BCUT2D eigenvalue weighted by Gasteiger charge is -2.10. The molecule has 0 heterocycles. The van der Waals surface area contributed by atoms with Crippen molar-refractivity contribution in [2.45, 2.75) is 44.9 Å². The summed E-state index contributed by atoms with van der Waals surface area (Å²) in [5.41, 5.74) is 0. The van der Waals surface area contributed by atoms with Crippen LogP contribution in [-0.2, 0) is 14.6 Å². The van der Waals surface area contributed by atoms with Gasteiger partial charge < -0.3 is 4.90 Å². The van der Waals surface area contributed by atoms with Crippen molar-refractivity contribution < 1.29 is 13.2 Å². The van der Waals surface area contributed by atoms with E-state index < -0.39 is 9.84 Å². The Morgan fingerprint density at radius 3 is 1.89 bits per heavy atom. The van der Waals surface area contributed by atoms with Gasteiger partial charge in [0.1, 0.15) is 5.75 Å². The molecule has 0 spiro atoms. The molecule has 1 amide bonds. The molecule has 0 aromatic heterocycles. The van der Waals surface area contributed by atoms with E-state index in [0.717, 1.165) is 18.2 Å². The Bertz CT molecular complexity index is 342. The van der Waals surface area contributed by atoms with Gasteiger partial charge in [-0.25, -0.2) is 8.42 Å². The number of unbranched alkanes of at least 4 members (excludes halogenated alkanes) is 6. The summed E-state index contributed by atoms with van der Waals surface area (Å²) in [5, 5.41) is 1.06. The smallest absolute Gasteiger partial charge is 0.237 e. The standard InChI is InChI=1S/C13H26BrNO3S/c1-15(2)13(16)12-19(17,18)11-9-7-5-3-4-6-8-10-14/h3-12H2,1-2H3. The third-order valence-corrected chi connectivity index (χ3v) is 5.09. The first kappa shape index (κ1) is 18.9. The van der Waals surface area contributed by atoms with Crippen LogP contribution in [0.4, 0.5) is 0 Å². The number of alkyl halides is 1. The monoisotopic (exact) mass is 355 g/mol. The molecule has 0 aromatic rings. The highest BCUT2D eigenvalue weighted by molar-refractivity contribution is 9.09. The fourth-order valence-electron chi connectivity index (χ4n) is 1.69. The number of nitrogens with zero attached hydrogens (tertiary/aromatic N) is 1. The van der Waals surface area contributed by atoms with E-state index in [9.17, 15) is 13.2 Å². The predicted molar refractivity (Wildman–Crippen MR) is 83.5 cm³/mol. The maximum absolute atomic E-state index is 11.7. The van der Waals surface area contributed by atoms with Crippen molar-refractivity contribution in [3.05, 3.63) is 0 Å². The molecule has 0 aliphatic heterocycles. The molecular formula is C13H26BrNO3S. The first-order valence-corrected chi connectivity index (χ1v) is 9.80. The lowest BCUT2D eigenvalue weighted by Crippen LogP contribution is -2.30. The number of hydrogen-bond acceptors (Lipinski definition) is 3. The minimum Gasteiger partial charge on any atom is -0.348 e. The third kappa shape index (κ3) is 11.4. The van der Waals surface area contributed by atoms with Crippen LogP contribution in [-0.4, -0.2) is 50.2 Å². The number of halogens is 1. The van der Waals surface area contributed by atoms with E-state index in [0.29, 0.717) is 6.42 Å². The molecule has 0 unspecified atom stereocenters. The van der Waals surface area contributed by atoms with Crippen molar-refractivity contribution in [3.63, 3.8) is 0 Å². The molecule has 0 atom stereocenters. The number of carbonyl (C=O) groups is 1. The lowest BCUT2D eigenvalue weighted by atomic mass is 10.1. The highest BCUT2D eigenvalue weighted by Crippen LogP contribution is 2.09. The minimum absolute atomic E-state index is 0.133. The van der Waals surface area contributed by atoms with Crippen LogP contribution < -0.4 is 0 Å². The van der Waals surface area contributed by atoms with Gasteiger partial charge in [-0.15, -0.1) is 0 Å². The predicted octanol–water partition coefficient (Wildman–Crippen LogP) is 2.62. The van der Waals surface area contributed by atoms with Crippen LogP contribution in [0.25, 0.3) is 0 Å². The van der Waals surface area contributed by atoms with Crippen molar-refractivity contribution in [2.75, 3.05) is 30.9 Å². The van der Waals surface area contributed by atoms with Gasteiger partial charge in [-0.2, -0.15) is 0 Å². The average molecular weight is 356 g/mol. The molecule has 114 valence electrons. The molecule has 0 radical (unpaired) electrons. The van der Waals surface area contributed by atoms with E-state index >= 15 is 0 Å². The van der Waals surface area contributed by atoms with Crippen LogP contribution >= 0.6 is 15.9 Å². The zero-order valence-corrected chi connectivity index (χ0v) is 14.4. The van der Waals surface area contributed by atoms with E-state index in [1.54, 1.807) is 14.1 Å². The highest BCUT2D eigenvalue weighted by Gasteiger charge is 2.17. The molecule has 4 nitrogen and oxygen atoms in total. The van der Waals surface area contributed by atoms with E-state index in [2.05, 4.69) is 15.9 Å². The Kier molecular flexibility index (Phi) is 10.6. The number of sulfone groups is 1. The van der Waals surface area contributed by atoms with Crippen LogP contribution in [0.1, 0.15) is 44.9 Å². The first-order chi connectivity index (χ1) is 8.89. The molecule has 19 heavy (non-hydrogen) atoms. The molecule has 0 aliphatic carbocycles. The molecular weight excluding hydrogens is 330 g/mol. The van der Waals surface area contributed by atoms with E-state index in [1.165, 1.54) is 30.6 Å². The highest BCUT2D eigenvalue weighted by atomic mass is 79.9. The normalized spacial score (nSPS) is 11.5. The number of carbonyl (C=O) groups excluding carboxylic acids is 1. The molecule has 0 bridgehead atoms. The summed E-state index contributed by atoms with van der Waals surface area (Å²) in [6, 6.07) is 0. The Morgan fingerprint density at radius 1 is 0.947 bits per heavy atom. The van der Waals surface area contributed by atoms with Gasteiger partial charge in [0, 0.05) is 19.4 Å². The van der Waals surface area contributed by atoms with Crippen LogP contribution in [0.5, 0.6) is 0 Å². The van der Waals surface area contributed by atoms with Crippen LogP contribution in [0.15, 0.2) is 0 Å². The minimum atomic E-state index is -3.22. The molecule has 0 aliphatic rings. The third-order valence-electron chi connectivity index (χ3n) is 2.93. The lowest BCUT2D eigenvalue weighted by molar-refractivity contribution is -0.125. The first-order valence-electron chi connectivity index (χ1n) is 6.85. The fraction of sp³-hybridized carbons (Fsp3) is 0.923. The van der Waals surface area contributed by atoms with E-state index in [-0.39, 0.29) is 17.4 Å². The Morgan fingerprint density at radius 2 is 1.42 bits per heavy atom. The van der Waals surface area contributed by atoms with E-state index in [4.69, 9.17) is 0 Å².